The minimum Gasteiger partial charge on any atom is -0.372 e. The van der Waals surface area contributed by atoms with Gasteiger partial charge in [-0.3, -0.25) is 0 Å². The van der Waals surface area contributed by atoms with Crippen LogP contribution in [0, 0.1) is 11.3 Å². The van der Waals surface area contributed by atoms with Crippen LogP contribution in [-0.2, 0) is 4.74 Å². The van der Waals surface area contributed by atoms with Gasteiger partial charge in [0.1, 0.15) is 5.60 Å². The lowest BCUT2D eigenvalue weighted by Crippen LogP contribution is -2.56. The predicted molar refractivity (Wildman–Crippen MR) is 77.5 cm³/mol. The van der Waals surface area contributed by atoms with Crippen LogP contribution in [0.5, 0.6) is 0 Å². The van der Waals surface area contributed by atoms with E-state index in [2.05, 4.69) is 35.5 Å². The highest BCUT2D eigenvalue weighted by molar-refractivity contribution is 7.19. The van der Waals surface area contributed by atoms with E-state index in [1.54, 1.807) is 0 Å². The van der Waals surface area contributed by atoms with Crippen LogP contribution in [0.2, 0.25) is 0 Å². The number of ether oxygens (including phenoxy) is 1. The fourth-order valence-electron chi connectivity index (χ4n) is 1.36. The average molecular weight is 296 g/mol. The molecule has 2 radical (unpaired) electrons. The van der Waals surface area contributed by atoms with E-state index in [1.807, 2.05) is 0 Å². The molecule has 0 aliphatic heterocycles. The van der Waals surface area contributed by atoms with Crippen molar-refractivity contribution < 1.29 is 17.9 Å². The number of hydrogen-bond donors (Lipinski definition) is 0. The van der Waals surface area contributed by atoms with Crippen molar-refractivity contribution in [3.8, 4) is 0 Å². The zero-order valence-electron chi connectivity index (χ0n) is 12.7. The van der Waals surface area contributed by atoms with Crippen molar-refractivity contribution in [3.63, 3.8) is 0 Å². The van der Waals surface area contributed by atoms with Crippen LogP contribution in [-0.4, -0.2) is 31.3 Å². The quantitative estimate of drug-likeness (QED) is 0.506. The third kappa shape index (κ3) is 4.63. The van der Waals surface area contributed by atoms with Crippen molar-refractivity contribution in [2.75, 3.05) is 6.61 Å². The molecule has 112 valence electrons. The molecule has 0 amide bonds. The van der Waals surface area contributed by atoms with Gasteiger partial charge in [-0.05, 0) is 31.6 Å². The van der Waals surface area contributed by atoms with E-state index in [9.17, 15) is 13.2 Å². The summed E-state index contributed by atoms with van der Waals surface area (Å²) in [5, 5.41) is -3.01. The summed E-state index contributed by atoms with van der Waals surface area (Å²) < 4.78 is 45.6. The van der Waals surface area contributed by atoms with E-state index in [1.165, 1.54) is 23.1 Å². The second kappa shape index (κ2) is 5.93. The summed E-state index contributed by atoms with van der Waals surface area (Å²) in [6, 6.07) is 0. The van der Waals surface area contributed by atoms with Gasteiger partial charge >= 0.3 is 0 Å². The summed E-state index contributed by atoms with van der Waals surface area (Å²) in [6.45, 7) is 11.0. The van der Waals surface area contributed by atoms with Gasteiger partial charge in [0.2, 0.25) is 11.2 Å². The van der Waals surface area contributed by atoms with E-state index in [0.717, 1.165) is 0 Å². The minimum absolute atomic E-state index is 0.00116. The fourth-order valence-corrected chi connectivity index (χ4v) is 1.45. The molecule has 2 atom stereocenters. The molecule has 0 N–H and O–H groups in total. The highest BCUT2D eigenvalue weighted by Gasteiger charge is 2.57. The maximum absolute atomic E-state index is 14.1. The highest BCUT2D eigenvalue weighted by atomic mass is 31.0. The summed E-state index contributed by atoms with van der Waals surface area (Å²) in [6.07, 6.45) is 0.658. The van der Waals surface area contributed by atoms with E-state index < -0.39 is 16.8 Å². The van der Waals surface area contributed by atoms with Crippen LogP contribution in [0.25, 0.3) is 0 Å². The molecule has 0 rings (SSSR count). The molecule has 0 fully saturated rings. The summed E-state index contributed by atoms with van der Waals surface area (Å²) in [5.41, 5.74) is -1.69. The topological polar surface area (TPSA) is 9.23 Å². The number of halogens is 3. The van der Waals surface area contributed by atoms with E-state index >= 15 is 0 Å². The van der Waals surface area contributed by atoms with Crippen LogP contribution in [0.1, 0.15) is 48.0 Å². The zero-order chi connectivity index (χ0) is 15.7. The van der Waals surface area contributed by atoms with Crippen molar-refractivity contribution in [3.05, 3.63) is 0 Å². The molecule has 0 heterocycles. The van der Waals surface area contributed by atoms with Crippen molar-refractivity contribution >= 4 is 17.1 Å². The monoisotopic (exact) mass is 296 g/mol. The molecule has 0 saturated heterocycles. The Balaban J connectivity index is 4.65. The Morgan fingerprint density at radius 2 is 1.53 bits per heavy atom. The summed E-state index contributed by atoms with van der Waals surface area (Å²) in [4.78, 5) is 0. The molecule has 0 aromatic carbocycles. The Hall–Kier alpha value is 0.245. The highest BCUT2D eigenvalue weighted by Crippen LogP contribution is 2.46. The van der Waals surface area contributed by atoms with Gasteiger partial charge in [-0.2, -0.15) is 0 Å². The number of hydrogen-bond acceptors (Lipinski definition) is 1. The second-order valence-electron chi connectivity index (χ2n) is 6.59. The van der Waals surface area contributed by atoms with Crippen LogP contribution in [0.3, 0.4) is 0 Å². The Labute approximate surface area is 118 Å². The summed E-state index contributed by atoms with van der Waals surface area (Å²) >= 11 is 0. The van der Waals surface area contributed by atoms with Gasteiger partial charge in [-0.15, -0.1) is 0 Å². The molecule has 0 saturated carbocycles. The zero-order valence-corrected chi connectivity index (χ0v) is 13.8. The van der Waals surface area contributed by atoms with Crippen LogP contribution in [0.4, 0.5) is 13.2 Å². The SMILES string of the molecule is [B]C(F)(F)C(F)(P)C(C)(C)OCCC(C)(C)C(C)C. The van der Waals surface area contributed by atoms with Gasteiger partial charge < -0.3 is 4.74 Å². The molecule has 19 heavy (non-hydrogen) atoms. The maximum atomic E-state index is 14.1. The van der Waals surface area contributed by atoms with Crippen molar-refractivity contribution in [1.82, 2.24) is 0 Å². The lowest BCUT2D eigenvalue weighted by molar-refractivity contribution is -0.157. The largest absolute Gasteiger partial charge is 0.372 e. The van der Waals surface area contributed by atoms with Crippen LogP contribution >= 0.6 is 9.24 Å². The first-order valence-electron chi connectivity index (χ1n) is 6.43. The Bertz CT molecular complexity index is 299. The molecular formula is C13H25BF3OP. The fraction of sp³-hybridized carbons (Fsp3) is 1.00. The molecule has 0 spiro atoms. The molecule has 0 aromatic heterocycles. The van der Waals surface area contributed by atoms with Crippen molar-refractivity contribution in [2.24, 2.45) is 11.3 Å². The van der Waals surface area contributed by atoms with Crippen molar-refractivity contribution in [2.45, 2.75) is 64.8 Å². The van der Waals surface area contributed by atoms with Gasteiger partial charge in [0, 0.05) is 6.61 Å². The van der Waals surface area contributed by atoms with Gasteiger partial charge in [0.15, 0.2) is 7.85 Å². The predicted octanol–water partition coefficient (Wildman–Crippen LogP) is 4.16. The van der Waals surface area contributed by atoms with E-state index in [4.69, 9.17) is 4.74 Å². The minimum atomic E-state index is -3.98. The van der Waals surface area contributed by atoms with Gasteiger partial charge in [0.05, 0.1) is 0 Å². The third-order valence-electron chi connectivity index (χ3n) is 4.13. The molecular weight excluding hydrogens is 271 g/mol. The summed E-state index contributed by atoms with van der Waals surface area (Å²) in [5.74, 6) is -3.56. The maximum Gasteiger partial charge on any atom is 0.238 e. The first-order valence-corrected chi connectivity index (χ1v) is 7.01. The molecule has 1 nitrogen and oxygen atoms in total. The Morgan fingerprint density at radius 1 is 1.11 bits per heavy atom. The first kappa shape index (κ1) is 19.2. The van der Waals surface area contributed by atoms with E-state index in [-0.39, 0.29) is 12.0 Å². The first-order chi connectivity index (χ1) is 8.15. The van der Waals surface area contributed by atoms with Gasteiger partial charge in [-0.1, -0.05) is 36.9 Å². The van der Waals surface area contributed by atoms with Gasteiger partial charge in [-0.25, -0.2) is 13.2 Å². The summed E-state index contributed by atoms with van der Waals surface area (Å²) in [7, 11) is 6.08. The normalized spacial score (nSPS) is 17.6. The lowest BCUT2D eigenvalue weighted by atomic mass is 9.78. The molecule has 0 aliphatic carbocycles. The van der Waals surface area contributed by atoms with Crippen molar-refractivity contribution in [1.29, 1.82) is 0 Å². The van der Waals surface area contributed by atoms with Crippen LogP contribution < -0.4 is 0 Å². The lowest BCUT2D eigenvalue weighted by Gasteiger charge is -2.42. The Morgan fingerprint density at radius 3 is 1.84 bits per heavy atom. The van der Waals surface area contributed by atoms with E-state index in [0.29, 0.717) is 12.3 Å². The molecule has 6 heteroatoms. The van der Waals surface area contributed by atoms with Gasteiger partial charge in [0.25, 0.3) is 0 Å². The standard InChI is InChI=1S/C13H25BF3OP/c1-9(2)10(3,4)7-8-18-11(5,6)12(15,19)13(14,16)17/h9H,7-8,19H2,1-6H3. The third-order valence-corrected chi connectivity index (χ3v) is 5.21. The van der Waals surface area contributed by atoms with Crippen LogP contribution in [0.15, 0.2) is 0 Å². The average Bonchev–Trinajstić information content (AvgIpc) is 2.14. The number of alkyl halides is 3. The second-order valence-corrected chi connectivity index (χ2v) is 7.38. The molecule has 0 aromatic rings. The Kier molecular flexibility index (Phi) is 6.01. The number of rotatable bonds is 7. The molecule has 0 bridgehead atoms. The molecule has 2 unspecified atom stereocenters. The molecule has 0 aliphatic rings. The smallest absolute Gasteiger partial charge is 0.238 e.